The van der Waals surface area contributed by atoms with Crippen molar-refractivity contribution in [1.29, 1.82) is 0 Å². The van der Waals surface area contributed by atoms with Crippen molar-refractivity contribution in [3.8, 4) is 11.1 Å². The van der Waals surface area contributed by atoms with Crippen molar-refractivity contribution >= 4 is 10.9 Å². The quantitative estimate of drug-likeness (QED) is 0.546. The lowest BCUT2D eigenvalue weighted by atomic mass is 9.77. The number of benzene rings is 1. The third-order valence-electron chi connectivity index (χ3n) is 6.05. The van der Waals surface area contributed by atoms with Gasteiger partial charge in [0.2, 0.25) is 0 Å². The van der Waals surface area contributed by atoms with E-state index in [1.165, 1.54) is 0 Å². The van der Waals surface area contributed by atoms with E-state index >= 15 is 0 Å². The van der Waals surface area contributed by atoms with E-state index in [0.29, 0.717) is 6.54 Å². The molecule has 3 aromatic heterocycles. The van der Waals surface area contributed by atoms with E-state index in [1.54, 1.807) is 12.5 Å². The van der Waals surface area contributed by atoms with E-state index in [0.717, 1.165) is 59.1 Å². The Hall–Kier alpha value is -3.16. The summed E-state index contributed by atoms with van der Waals surface area (Å²) in [5.74, 6) is 0. The van der Waals surface area contributed by atoms with Gasteiger partial charge in [0, 0.05) is 29.4 Å². The number of hydrogen-bond donors (Lipinski definition) is 2. The van der Waals surface area contributed by atoms with Gasteiger partial charge in [0.1, 0.15) is 6.33 Å². The van der Waals surface area contributed by atoms with Crippen molar-refractivity contribution in [3.05, 3.63) is 72.7 Å². The van der Waals surface area contributed by atoms with E-state index in [2.05, 4.69) is 32.2 Å². The van der Waals surface area contributed by atoms with Gasteiger partial charge in [-0.2, -0.15) is 5.10 Å². The number of fused-ring (bicyclic) bond motifs is 1. The minimum atomic E-state index is -0.459. The highest BCUT2D eigenvalue weighted by Crippen LogP contribution is 2.37. The number of hydrogen-bond acceptors (Lipinski definition) is 6. The van der Waals surface area contributed by atoms with Crippen molar-refractivity contribution < 1.29 is 0 Å². The van der Waals surface area contributed by atoms with Gasteiger partial charge in [-0.3, -0.25) is 9.67 Å². The molecule has 30 heavy (non-hydrogen) atoms. The summed E-state index contributed by atoms with van der Waals surface area (Å²) in [4.78, 5) is 13.4. The molecule has 0 amide bonds. The van der Waals surface area contributed by atoms with E-state index in [9.17, 15) is 0 Å². The van der Waals surface area contributed by atoms with Gasteiger partial charge in [0.05, 0.1) is 35.2 Å². The second-order valence-corrected chi connectivity index (χ2v) is 8.20. The molecule has 152 valence electrons. The molecule has 1 aromatic carbocycles. The van der Waals surface area contributed by atoms with Crippen LogP contribution in [0.25, 0.3) is 22.0 Å². The lowest BCUT2D eigenvalue weighted by molar-refractivity contribution is 0.273. The van der Waals surface area contributed by atoms with E-state index in [-0.39, 0.29) is 6.04 Å². The fourth-order valence-corrected chi connectivity index (χ4v) is 4.28. The molecule has 1 aliphatic rings. The topological polar surface area (TPSA) is 109 Å². The predicted octanol–water partition coefficient (Wildman–Crippen LogP) is 2.99. The zero-order chi connectivity index (χ0) is 20.6. The average Bonchev–Trinajstić information content (AvgIpc) is 3.24. The summed E-state index contributed by atoms with van der Waals surface area (Å²) in [6.45, 7) is 0.634. The van der Waals surface area contributed by atoms with E-state index in [4.69, 9.17) is 11.5 Å². The van der Waals surface area contributed by atoms with Gasteiger partial charge in [-0.15, -0.1) is 0 Å². The highest BCUT2D eigenvalue weighted by atomic mass is 15.3. The average molecular weight is 400 g/mol. The first-order valence-corrected chi connectivity index (χ1v) is 10.3. The molecule has 1 saturated carbocycles. The molecule has 0 aliphatic heterocycles. The smallest absolute Gasteiger partial charge is 0.116 e. The summed E-state index contributed by atoms with van der Waals surface area (Å²) in [6, 6.07) is 12.4. The molecule has 5 rings (SSSR count). The van der Waals surface area contributed by atoms with Crippen LogP contribution in [0.3, 0.4) is 0 Å². The summed E-state index contributed by atoms with van der Waals surface area (Å²) < 4.78 is 1.90. The molecule has 0 atom stereocenters. The Morgan fingerprint density at radius 3 is 2.70 bits per heavy atom. The first kappa shape index (κ1) is 18.8. The lowest BCUT2D eigenvalue weighted by Gasteiger charge is -2.36. The van der Waals surface area contributed by atoms with Crippen LogP contribution in [0.5, 0.6) is 0 Å². The lowest BCUT2D eigenvalue weighted by Crippen LogP contribution is -2.44. The highest BCUT2D eigenvalue weighted by Gasteiger charge is 2.34. The molecule has 7 nitrogen and oxygen atoms in total. The number of aromatic nitrogens is 5. The monoisotopic (exact) mass is 399 g/mol. The van der Waals surface area contributed by atoms with Crippen LogP contribution < -0.4 is 11.5 Å². The molecule has 3 heterocycles. The van der Waals surface area contributed by atoms with Crippen molar-refractivity contribution in [2.75, 3.05) is 0 Å². The van der Waals surface area contributed by atoms with Crippen molar-refractivity contribution in [1.82, 2.24) is 24.7 Å². The Morgan fingerprint density at radius 2 is 1.90 bits per heavy atom. The van der Waals surface area contributed by atoms with Crippen LogP contribution in [0.15, 0.2) is 61.3 Å². The van der Waals surface area contributed by atoms with Crippen LogP contribution in [0.2, 0.25) is 0 Å². The van der Waals surface area contributed by atoms with Crippen molar-refractivity contribution in [2.24, 2.45) is 11.5 Å². The normalized spacial score (nSPS) is 21.7. The SMILES string of the molecule is NC1CCC(N)(c2ncnc3ccc(-c4cnn(Cc5ccccn5)c4)cc23)CC1. The maximum absolute atomic E-state index is 6.82. The predicted molar refractivity (Wildman–Crippen MR) is 116 cm³/mol. The van der Waals surface area contributed by atoms with Crippen molar-refractivity contribution in [2.45, 2.75) is 43.8 Å². The van der Waals surface area contributed by atoms with E-state index < -0.39 is 5.54 Å². The van der Waals surface area contributed by atoms with Crippen LogP contribution in [0.1, 0.15) is 37.1 Å². The minimum absolute atomic E-state index is 0.232. The van der Waals surface area contributed by atoms with Gasteiger partial charge in [0.15, 0.2) is 0 Å². The Bertz CT molecular complexity index is 1160. The first-order valence-electron chi connectivity index (χ1n) is 10.3. The maximum atomic E-state index is 6.82. The molecule has 1 fully saturated rings. The van der Waals surface area contributed by atoms with Crippen LogP contribution in [-0.2, 0) is 12.1 Å². The molecule has 0 spiro atoms. The molecule has 7 heteroatoms. The molecular formula is C23H25N7. The largest absolute Gasteiger partial charge is 0.328 e. The van der Waals surface area contributed by atoms with Crippen LogP contribution in [-0.4, -0.2) is 30.8 Å². The van der Waals surface area contributed by atoms with Crippen LogP contribution in [0.4, 0.5) is 0 Å². The van der Waals surface area contributed by atoms with Gasteiger partial charge in [-0.05, 0) is 55.5 Å². The summed E-state index contributed by atoms with van der Waals surface area (Å²) in [5, 5.41) is 5.51. The van der Waals surface area contributed by atoms with Gasteiger partial charge in [-0.25, -0.2) is 9.97 Å². The molecule has 0 saturated heterocycles. The number of pyridine rings is 1. The zero-order valence-electron chi connectivity index (χ0n) is 16.8. The van der Waals surface area contributed by atoms with Gasteiger partial charge < -0.3 is 11.5 Å². The number of rotatable bonds is 4. The highest BCUT2D eigenvalue weighted by molar-refractivity contribution is 5.86. The molecule has 4 N–H and O–H groups in total. The maximum Gasteiger partial charge on any atom is 0.116 e. The second-order valence-electron chi connectivity index (χ2n) is 8.20. The van der Waals surface area contributed by atoms with Gasteiger partial charge in [0.25, 0.3) is 0 Å². The summed E-state index contributed by atoms with van der Waals surface area (Å²) >= 11 is 0. The minimum Gasteiger partial charge on any atom is -0.328 e. The molecular weight excluding hydrogens is 374 g/mol. The summed E-state index contributed by atoms with van der Waals surface area (Å²) in [5.41, 5.74) is 17.4. The third-order valence-corrected chi connectivity index (χ3v) is 6.05. The zero-order valence-corrected chi connectivity index (χ0v) is 16.8. The summed E-state index contributed by atoms with van der Waals surface area (Å²) in [6.07, 6.45) is 10.8. The fraction of sp³-hybridized carbons (Fsp3) is 0.304. The van der Waals surface area contributed by atoms with Crippen LogP contribution in [0, 0.1) is 0 Å². The molecule has 0 bridgehead atoms. The first-order chi connectivity index (χ1) is 14.6. The molecule has 0 unspecified atom stereocenters. The Morgan fingerprint density at radius 1 is 1.03 bits per heavy atom. The Labute approximate surface area is 175 Å². The fourth-order valence-electron chi connectivity index (χ4n) is 4.28. The molecule has 1 aliphatic carbocycles. The van der Waals surface area contributed by atoms with Crippen LogP contribution >= 0.6 is 0 Å². The van der Waals surface area contributed by atoms with Gasteiger partial charge in [-0.1, -0.05) is 12.1 Å². The number of nitrogens with two attached hydrogens (primary N) is 2. The van der Waals surface area contributed by atoms with Crippen molar-refractivity contribution in [3.63, 3.8) is 0 Å². The Balaban J connectivity index is 1.49. The third kappa shape index (κ3) is 3.58. The van der Waals surface area contributed by atoms with E-state index in [1.807, 2.05) is 41.3 Å². The summed E-state index contributed by atoms with van der Waals surface area (Å²) in [7, 11) is 0. The molecule has 0 radical (unpaired) electrons. The standard InChI is InChI=1S/C23H25N7/c24-18-6-8-23(25,9-7-18)22-20-11-16(4-5-21(20)27-15-28-22)17-12-29-30(13-17)14-19-3-1-2-10-26-19/h1-5,10-13,15,18H,6-9,14,24-25H2. The van der Waals surface area contributed by atoms with Gasteiger partial charge >= 0.3 is 0 Å². The molecule has 4 aromatic rings. The second kappa shape index (κ2) is 7.59. The number of nitrogens with zero attached hydrogens (tertiary/aromatic N) is 5. The Kier molecular flexibility index (Phi) is 4.77.